The number of nitrogens with one attached hydrogen (secondary N) is 1. The molecular formula is C18H16INO4. The van der Waals surface area contributed by atoms with Crippen molar-refractivity contribution in [2.45, 2.75) is 13.5 Å². The third-order valence-electron chi connectivity index (χ3n) is 3.07. The number of ether oxygens (including phenoxy) is 1. The quantitative estimate of drug-likeness (QED) is 0.537. The fraction of sp³-hybridized carbons (Fsp3) is 0.111. The Balaban J connectivity index is 2.21. The number of carboxylic acids is 1. The molecule has 6 heteroatoms. The van der Waals surface area contributed by atoms with Gasteiger partial charge in [0.05, 0.1) is 0 Å². The molecule has 0 fully saturated rings. The van der Waals surface area contributed by atoms with Gasteiger partial charge in [0.15, 0.2) is 0 Å². The summed E-state index contributed by atoms with van der Waals surface area (Å²) in [6, 6.07) is 15.0. The number of benzene rings is 2. The molecule has 0 radical (unpaired) electrons. The van der Waals surface area contributed by atoms with Gasteiger partial charge < -0.3 is 15.2 Å². The van der Waals surface area contributed by atoms with Crippen LogP contribution in [0.3, 0.4) is 0 Å². The molecule has 2 aromatic carbocycles. The van der Waals surface area contributed by atoms with Gasteiger partial charge in [-0.05, 0) is 52.4 Å². The van der Waals surface area contributed by atoms with E-state index in [4.69, 9.17) is 4.74 Å². The van der Waals surface area contributed by atoms with Crippen molar-refractivity contribution in [1.29, 1.82) is 0 Å². The standard InChI is InChI=1S/C18H16INO4/c1-12(21)20-16(18(22)23)10-14-4-2-3-5-17(14)24-11-13-6-8-15(19)9-7-13/h2-10H,11H2,1H3,(H,20,21)(H,22,23)/b16-10+. The predicted octanol–water partition coefficient (Wildman–Crippen LogP) is 3.43. The lowest BCUT2D eigenvalue weighted by molar-refractivity contribution is -0.134. The smallest absolute Gasteiger partial charge is 0.352 e. The molecule has 24 heavy (non-hydrogen) atoms. The van der Waals surface area contributed by atoms with Gasteiger partial charge in [-0.25, -0.2) is 4.79 Å². The molecule has 0 heterocycles. The van der Waals surface area contributed by atoms with E-state index in [0.29, 0.717) is 17.9 Å². The van der Waals surface area contributed by atoms with Crippen LogP contribution < -0.4 is 10.1 Å². The molecule has 0 atom stereocenters. The van der Waals surface area contributed by atoms with Crippen LogP contribution in [0.5, 0.6) is 5.75 Å². The highest BCUT2D eigenvalue weighted by molar-refractivity contribution is 14.1. The van der Waals surface area contributed by atoms with Crippen LogP contribution in [0.4, 0.5) is 0 Å². The molecule has 0 aliphatic rings. The Bertz CT molecular complexity index is 769. The molecule has 0 saturated heterocycles. The van der Waals surface area contributed by atoms with Crippen LogP contribution in [0.25, 0.3) is 6.08 Å². The van der Waals surface area contributed by atoms with Crippen LogP contribution in [-0.2, 0) is 16.2 Å². The Labute approximate surface area is 153 Å². The summed E-state index contributed by atoms with van der Waals surface area (Å²) in [7, 11) is 0. The monoisotopic (exact) mass is 437 g/mol. The van der Waals surface area contributed by atoms with Gasteiger partial charge in [-0.3, -0.25) is 4.79 Å². The number of amides is 1. The molecule has 0 saturated carbocycles. The minimum Gasteiger partial charge on any atom is -0.488 e. The molecule has 2 N–H and O–H groups in total. The van der Waals surface area contributed by atoms with E-state index in [-0.39, 0.29) is 5.70 Å². The van der Waals surface area contributed by atoms with Crippen molar-refractivity contribution >= 4 is 40.5 Å². The van der Waals surface area contributed by atoms with Crippen molar-refractivity contribution in [3.63, 3.8) is 0 Å². The van der Waals surface area contributed by atoms with Gasteiger partial charge in [0.1, 0.15) is 18.1 Å². The number of hydrogen-bond acceptors (Lipinski definition) is 3. The van der Waals surface area contributed by atoms with Crippen molar-refractivity contribution in [3.05, 3.63) is 68.9 Å². The topological polar surface area (TPSA) is 75.6 Å². The summed E-state index contributed by atoms with van der Waals surface area (Å²) in [6.45, 7) is 1.63. The van der Waals surface area contributed by atoms with E-state index in [1.807, 2.05) is 24.3 Å². The van der Waals surface area contributed by atoms with Gasteiger partial charge in [-0.1, -0.05) is 30.3 Å². The fourth-order valence-corrected chi connectivity index (χ4v) is 2.33. The van der Waals surface area contributed by atoms with Gasteiger partial charge in [0.2, 0.25) is 5.91 Å². The number of carboxylic acid groups (broad SMARTS) is 1. The lowest BCUT2D eigenvalue weighted by Crippen LogP contribution is -2.24. The lowest BCUT2D eigenvalue weighted by atomic mass is 10.1. The van der Waals surface area contributed by atoms with Gasteiger partial charge in [-0.15, -0.1) is 0 Å². The summed E-state index contributed by atoms with van der Waals surface area (Å²) in [5, 5.41) is 11.5. The second-order valence-corrected chi connectivity index (χ2v) is 6.24. The molecular weight excluding hydrogens is 421 g/mol. The molecule has 2 aromatic rings. The number of para-hydroxylation sites is 1. The van der Waals surface area contributed by atoms with E-state index in [2.05, 4.69) is 27.9 Å². The maximum atomic E-state index is 11.2. The van der Waals surface area contributed by atoms with Crippen LogP contribution in [0.2, 0.25) is 0 Å². The number of halogens is 1. The number of rotatable bonds is 6. The first-order valence-electron chi connectivity index (χ1n) is 7.14. The largest absolute Gasteiger partial charge is 0.488 e. The van der Waals surface area contributed by atoms with Crippen LogP contribution in [0, 0.1) is 3.57 Å². The fourth-order valence-electron chi connectivity index (χ4n) is 1.97. The summed E-state index contributed by atoms with van der Waals surface area (Å²) >= 11 is 2.23. The summed E-state index contributed by atoms with van der Waals surface area (Å²) in [5.74, 6) is -1.11. The van der Waals surface area contributed by atoms with Crippen LogP contribution in [0.1, 0.15) is 18.1 Å². The molecule has 0 aliphatic heterocycles. The highest BCUT2D eigenvalue weighted by Gasteiger charge is 2.11. The Kier molecular flexibility index (Phi) is 6.36. The average Bonchev–Trinajstić information content (AvgIpc) is 2.54. The van der Waals surface area contributed by atoms with Gasteiger partial charge in [0, 0.05) is 16.1 Å². The molecule has 0 aliphatic carbocycles. The summed E-state index contributed by atoms with van der Waals surface area (Å²) in [6.07, 6.45) is 1.38. The van der Waals surface area contributed by atoms with E-state index in [0.717, 1.165) is 9.13 Å². The molecule has 1 amide bonds. The SMILES string of the molecule is CC(=O)N/C(=C/c1ccccc1OCc1ccc(I)cc1)C(=O)O. The zero-order valence-corrected chi connectivity index (χ0v) is 15.1. The first kappa shape index (κ1) is 18.0. The molecule has 5 nitrogen and oxygen atoms in total. The Morgan fingerprint density at radius 3 is 2.46 bits per heavy atom. The first-order valence-corrected chi connectivity index (χ1v) is 8.22. The molecule has 0 unspecified atom stereocenters. The Morgan fingerprint density at radius 2 is 1.83 bits per heavy atom. The van der Waals surface area contributed by atoms with E-state index in [1.54, 1.807) is 24.3 Å². The van der Waals surface area contributed by atoms with E-state index in [1.165, 1.54) is 13.0 Å². The Hall–Kier alpha value is -2.35. The van der Waals surface area contributed by atoms with Crippen molar-refractivity contribution in [3.8, 4) is 5.75 Å². The molecule has 2 rings (SSSR count). The number of hydrogen-bond donors (Lipinski definition) is 2. The summed E-state index contributed by atoms with van der Waals surface area (Å²) in [5.41, 5.74) is 1.39. The highest BCUT2D eigenvalue weighted by atomic mass is 127. The van der Waals surface area contributed by atoms with Crippen molar-refractivity contribution in [2.24, 2.45) is 0 Å². The number of carbonyl (C=O) groups is 2. The highest BCUT2D eigenvalue weighted by Crippen LogP contribution is 2.22. The summed E-state index contributed by atoms with van der Waals surface area (Å²) < 4.78 is 6.94. The first-order chi connectivity index (χ1) is 11.5. The predicted molar refractivity (Wildman–Crippen MR) is 99.4 cm³/mol. The van der Waals surface area contributed by atoms with Crippen LogP contribution in [-0.4, -0.2) is 17.0 Å². The molecule has 0 bridgehead atoms. The lowest BCUT2D eigenvalue weighted by Gasteiger charge is -2.10. The zero-order valence-electron chi connectivity index (χ0n) is 13.0. The zero-order chi connectivity index (χ0) is 17.5. The second kappa shape index (κ2) is 8.49. The molecule has 0 aromatic heterocycles. The van der Waals surface area contributed by atoms with Crippen LogP contribution >= 0.6 is 22.6 Å². The van der Waals surface area contributed by atoms with E-state index < -0.39 is 11.9 Å². The average molecular weight is 437 g/mol. The third kappa shape index (κ3) is 5.38. The number of carbonyl (C=O) groups excluding carboxylic acids is 1. The van der Waals surface area contributed by atoms with E-state index in [9.17, 15) is 14.7 Å². The normalized spacial score (nSPS) is 11.0. The van der Waals surface area contributed by atoms with Crippen LogP contribution in [0.15, 0.2) is 54.2 Å². The van der Waals surface area contributed by atoms with Crippen molar-refractivity contribution in [2.75, 3.05) is 0 Å². The Morgan fingerprint density at radius 1 is 1.17 bits per heavy atom. The number of aliphatic carboxylic acids is 1. The maximum Gasteiger partial charge on any atom is 0.352 e. The minimum absolute atomic E-state index is 0.201. The van der Waals surface area contributed by atoms with Gasteiger partial charge in [-0.2, -0.15) is 0 Å². The second-order valence-electron chi connectivity index (χ2n) is 5.00. The minimum atomic E-state index is -1.21. The molecule has 124 valence electrons. The van der Waals surface area contributed by atoms with E-state index >= 15 is 0 Å². The summed E-state index contributed by atoms with van der Waals surface area (Å²) in [4.78, 5) is 22.4. The van der Waals surface area contributed by atoms with Gasteiger partial charge >= 0.3 is 5.97 Å². The van der Waals surface area contributed by atoms with Gasteiger partial charge in [0.25, 0.3) is 0 Å². The van der Waals surface area contributed by atoms with Crippen molar-refractivity contribution in [1.82, 2.24) is 5.32 Å². The van der Waals surface area contributed by atoms with Crippen molar-refractivity contribution < 1.29 is 19.4 Å². The molecule has 0 spiro atoms. The third-order valence-corrected chi connectivity index (χ3v) is 3.79. The maximum absolute atomic E-state index is 11.2.